The van der Waals surface area contributed by atoms with Crippen LogP contribution >= 0.6 is 21.6 Å². The Labute approximate surface area is 50.4 Å². The highest BCUT2D eigenvalue weighted by molar-refractivity contribution is 8.45. The zero-order chi connectivity index (χ0) is 6.08. The molecule has 0 aromatic heterocycles. The Balaban J connectivity index is 3.79. The second kappa shape index (κ2) is 2.05. The Morgan fingerprint density at radius 2 is 1.57 bits per heavy atom. The highest BCUT2D eigenvalue weighted by atomic mass is 35.5. The molecule has 0 aromatic rings. The molecule has 0 aliphatic carbocycles. The van der Waals surface area contributed by atoms with E-state index in [0.717, 1.165) is 0 Å². The van der Waals surface area contributed by atoms with Gasteiger partial charge in [0.25, 0.3) is 4.57 Å². The number of carbonyl (C=O) groups is 1. The summed E-state index contributed by atoms with van der Waals surface area (Å²) in [6, 6.07) is 0. The average molecular weight is 141 g/mol. The Morgan fingerprint density at radius 1 is 1.43 bits per heavy atom. The third kappa shape index (κ3) is 2.94. The Morgan fingerprint density at radius 3 is 1.57 bits per heavy atom. The van der Waals surface area contributed by atoms with Gasteiger partial charge >= 0.3 is 0 Å². The van der Waals surface area contributed by atoms with Crippen molar-refractivity contribution < 1.29 is 4.79 Å². The molecule has 1 nitrogen and oxygen atoms in total. The summed E-state index contributed by atoms with van der Waals surface area (Å²) in [7, 11) is -1.11. The summed E-state index contributed by atoms with van der Waals surface area (Å²) in [4.78, 5) is 10.3. The minimum Gasteiger partial charge on any atom is -0.270 e. The lowest BCUT2D eigenvalue weighted by molar-refractivity contribution is 0.275. The lowest BCUT2D eigenvalue weighted by atomic mass is 11.7. The Bertz CT molecular complexity index is 84.2. The van der Waals surface area contributed by atoms with Gasteiger partial charge in [-0.2, -0.15) is 10.0 Å². The van der Waals surface area contributed by atoms with Gasteiger partial charge in [-0.1, -0.05) is 0 Å². The van der Waals surface area contributed by atoms with Crippen LogP contribution in [0, 0.1) is 0 Å². The minimum absolute atomic E-state index is 0.201. The van der Waals surface area contributed by atoms with Gasteiger partial charge in [0.1, 0.15) is 0 Å². The zero-order valence-electron chi connectivity index (χ0n) is 4.69. The molecule has 0 unspecified atom stereocenters. The van der Waals surface area contributed by atoms with Gasteiger partial charge in [-0.15, -0.1) is 0 Å². The lowest BCUT2D eigenvalue weighted by Crippen LogP contribution is -1.96. The van der Waals surface area contributed by atoms with E-state index >= 15 is 0 Å². The van der Waals surface area contributed by atoms with Crippen LogP contribution in [-0.2, 0) is 0 Å². The van der Waals surface area contributed by atoms with Crippen molar-refractivity contribution in [3.8, 4) is 0 Å². The first-order chi connectivity index (χ1) is 2.94. The predicted octanol–water partition coefficient (Wildman–Crippen LogP) is 2.04. The second-order valence-electron chi connectivity index (χ2n) is 2.07. The molecule has 0 amide bonds. The van der Waals surface area contributed by atoms with Gasteiger partial charge in [0, 0.05) is 0 Å². The van der Waals surface area contributed by atoms with Crippen molar-refractivity contribution in [1.82, 2.24) is 0 Å². The summed E-state index contributed by atoms with van der Waals surface area (Å²) in [5, 5.41) is 0. The largest absolute Gasteiger partial charge is 0.270 e. The molecule has 0 bridgehead atoms. The van der Waals surface area contributed by atoms with Crippen LogP contribution in [0.4, 0.5) is 4.79 Å². The van der Waals surface area contributed by atoms with Crippen molar-refractivity contribution in [2.45, 2.75) is 0 Å². The quantitative estimate of drug-likeness (QED) is 0.471. The van der Waals surface area contributed by atoms with Crippen molar-refractivity contribution in [3.05, 3.63) is 0 Å². The highest BCUT2D eigenvalue weighted by Crippen LogP contribution is 2.37. The molecule has 0 aliphatic rings. The molecular formula is C4H9ClOS. The maximum atomic E-state index is 10.3. The van der Waals surface area contributed by atoms with E-state index in [1.54, 1.807) is 0 Å². The van der Waals surface area contributed by atoms with Crippen LogP contribution in [0.1, 0.15) is 0 Å². The van der Waals surface area contributed by atoms with Gasteiger partial charge < -0.3 is 0 Å². The zero-order valence-corrected chi connectivity index (χ0v) is 6.27. The van der Waals surface area contributed by atoms with Crippen LogP contribution < -0.4 is 0 Å². The number of carbonyl (C=O) groups excluding carboxylic acids is 1. The number of rotatable bonds is 0. The Kier molecular flexibility index (Phi) is 2.14. The average Bonchev–Trinajstić information content (AvgIpc) is 1.31. The van der Waals surface area contributed by atoms with E-state index in [-0.39, 0.29) is 4.57 Å². The fourth-order valence-electron chi connectivity index (χ4n) is 0. The van der Waals surface area contributed by atoms with Crippen LogP contribution in [0.2, 0.25) is 0 Å². The summed E-state index contributed by atoms with van der Waals surface area (Å²) in [6.45, 7) is 0. The van der Waals surface area contributed by atoms with Crippen molar-refractivity contribution in [1.29, 1.82) is 0 Å². The van der Waals surface area contributed by atoms with Crippen molar-refractivity contribution in [2.75, 3.05) is 18.8 Å². The minimum atomic E-state index is -1.11. The summed E-state index contributed by atoms with van der Waals surface area (Å²) in [5.41, 5.74) is 0. The molecule has 7 heavy (non-hydrogen) atoms. The molecule has 3 heteroatoms. The molecule has 0 aliphatic heterocycles. The molecule has 0 heterocycles. The summed E-state index contributed by atoms with van der Waals surface area (Å²) >= 11 is 5.15. The van der Waals surface area contributed by atoms with Crippen LogP contribution in [-0.4, -0.2) is 23.3 Å². The van der Waals surface area contributed by atoms with Gasteiger partial charge in [0.2, 0.25) is 0 Å². The predicted molar refractivity (Wildman–Crippen MR) is 36.6 cm³/mol. The van der Waals surface area contributed by atoms with Gasteiger partial charge in [-0.25, -0.2) is 0 Å². The SMILES string of the molecule is CS(C)(C)C(=O)Cl. The molecule has 0 aromatic carbocycles. The van der Waals surface area contributed by atoms with Gasteiger partial charge in [-0.3, -0.25) is 4.79 Å². The van der Waals surface area contributed by atoms with Crippen molar-refractivity contribution in [2.24, 2.45) is 0 Å². The maximum absolute atomic E-state index is 10.3. The molecule has 0 saturated heterocycles. The summed E-state index contributed by atoms with van der Waals surface area (Å²) in [6.07, 6.45) is 5.59. The van der Waals surface area contributed by atoms with E-state index in [2.05, 4.69) is 0 Å². The summed E-state index contributed by atoms with van der Waals surface area (Å²) in [5.74, 6) is 0. The van der Waals surface area contributed by atoms with Crippen LogP contribution in [0.5, 0.6) is 0 Å². The number of hydrogen-bond donors (Lipinski definition) is 0. The molecule has 0 atom stereocenters. The standard InChI is InChI=1S/C4H9ClOS/c1-7(2,3)4(5)6/h1-3H3. The van der Waals surface area contributed by atoms with E-state index in [1.807, 2.05) is 18.8 Å². The molecule has 0 fully saturated rings. The second-order valence-corrected chi connectivity index (χ2v) is 6.69. The normalized spacial score (nSPS) is 13.7. The van der Waals surface area contributed by atoms with Gasteiger partial charge in [-0.05, 0) is 30.4 Å². The van der Waals surface area contributed by atoms with E-state index in [0.29, 0.717) is 0 Å². The molecule has 0 saturated carbocycles. The van der Waals surface area contributed by atoms with Gasteiger partial charge in [0.15, 0.2) is 0 Å². The molecule has 0 spiro atoms. The number of hydrogen-bond acceptors (Lipinski definition) is 1. The smallest absolute Gasteiger partial charge is 0.261 e. The van der Waals surface area contributed by atoms with Crippen LogP contribution in [0.25, 0.3) is 0 Å². The highest BCUT2D eigenvalue weighted by Gasteiger charge is 2.10. The van der Waals surface area contributed by atoms with Gasteiger partial charge in [0.05, 0.1) is 0 Å². The first kappa shape index (κ1) is 7.31. The molecular weight excluding hydrogens is 132 g/mol. The van der Waals surface area contributed by atoms with E-state index in [4.69, 9.17) is 11.6 Å². The maximum Gasteiger partial charge on any atom is 0.261 e. The number of halogens is 1. The summed E-state index contributed by atoms with van der Waals surface area (Å²) < 4.78 is -0.201. The van der Waals surface area contributed by atoms with Crippen molar-refractivity contribution >= 4 is 26.2 Å². The monoisotopic (exact) mass is 140 g/mol. The van der Waals surface area contributed by atoms with E-state index < -0.39 is 10.0 Å². The third-order valence-electron chi connectivity index (χ3n) is 0.481. The van der Waals surface area contributed by atoms with Crippen molar-refractivity contribution in [3.63, 3.8) is 0 Å². The first-order valence-electron chi connectivity index (χ1n) is 1.82. The Hall–Kier alpha value is 0.310. The first-order valence-corrected chi connectivity index (χ1v) is 5.06. The molecule has 0 N–H and O–H groups in total. The molecule has 0 radical (unpaired) electrons. The molecule has 44 valence electrons. The molecule has 0 rings (SSSR count). The van der Waals surface area contributed by atoms with Crippen LogP contribution in [0.15, 0.2) is 0 Å². The van der Waals surface area contributed by atoms with Crippen LogP contribution in [0.3, 0.4) is 0 Å². The van der Waals surface area contributed by atoms with E-state index in [9.17, 15) is 4.79 Å². The fourth-order valence-corrected chi connectivity index (χ4v) is 0. The topological polar surface area (TPSA) is 17.1 Å². The lowest BCUT2D eigenvalue weighted by Gasteiger charge is -2.17. The van der Waals surface area contributed by atoms with E-state index in [1.165, 1.54) is 0 Å². The third-order valence-corrected chi connectivity index (χ3v) is 2.83. The fraction of sp³-hybridized carbons (Fsp3) is 0.750.